The molecule has 0 spiro atoms. The van der Waals surface area contributed by atoms with Gasteiger partial charge in [-0.1, -0.05) is 91.0 Å². The van der Waals surface area contributed by atoms with Gasteiger partial charge in [-0.15, -0.1) is 0 Å². The van der Waals surface area contributed by atoms with E-state index in [1.807, 2.05) is 60.7 Å². The van der Waals surface area contributed by atoms with Crippen LogP contribution in [0.3, 0.4) is 0 Å². The summed E-state index contributed by atoms with van der Waals surface area (Å²) in [5, 5.41) is 0. The SMILES string of the molecule is COCCO[C@@H](c1ccccc1)[C@H](OC(=O)C(=O)c1ccccc1)c1ccccc1. The number of benzene rings is 3. The average Bonchev–Trinajstić information content (AvgIpc) is 2.82. The summed E-state index contributed by atoms with van der Waals surface area (Å²) in [6.45, 7) is 0.700. The van der Waals surface area contributed by atoms with Gasteiger partial charge in [0.15, 0.2) is 6.10 Å². The Labute approximate surface area is 176 Å². The third-order valence-corrected chi connectivity index (χ3v) is 4.57. The van der Waals surface area contributed by atoms with Gasteiger partial charge in [-0.05, 0) is 11.1 Å². The molecule has 30 heavy (non-hydrogen) atoms. The average molecular weight is 404 g/mol. The zero-order valence-corrected chi connectivity index (χ0v) is 16.8. The number of hydrogen-bond acceptors (Lipinski definition) is 5. The second kappa shape index (κ2) is 11.0. The molecule has 2 atom stereocenters. The second-order valence-electron chi connectivity index (χ2n) is 6.63. The molecular weight excluding hydrogens is 380 g/mol. The van der Waals surface area contributed by atoms with E-state index in [0.29, 0.717) is 13.2 Å². The Bertz CT molecular complexity index is 926. The molecule has 0 aromatic heterocycles. The number of carbonyl (C=O) groups is 2. The van der Waals surface area contributed by atoms with E-state index in [-0.39, 0.29) is 5.56 Å². The molecular formula is C25H24O5. The number of esters is 1. The molecule has 0 aliphatic heterocycles. The van der Waals surface area contributed by atoms with E-state index >= 15 is 0 Å². The molecule has 0 unspecified atom stereocenters. The van der Waals surface area contributed by atoms with Crippen molar-refractivity contribution in [2.45, 2.75) is 12.2 Å². The topological polar surface area (TPSA) is 61.8 Å². The van der Waals surface area contributed by atoms with Crippen LogP contribution in [0.2, 0.25) is 0 Å². The molecule has 0 amide bonds. The number of rotatable bonds is 10. The van der Waals surface area contributed by atoms with Crippen LogP contribution in [-0.2, 0) is 19.0 Å². The maximum atomic E-state index is 12.7. The molecule has 0 heterocycles. The van der Waals surface area contributed by atoms with Gasteiger partial charge in [0.25, 0.3) is 5.78 Å². The molecule has 5 nitrogen and oxygen atoms in total. The van der Waals surface area contributed by atoms with Crippen molar-refractivity contribution in [2.75, 3.05) is 20.3 Å². The Morgan fingerprint density at radius 3 is 1.73 bits per heavy atom. The molecule has 0 fully saturated rings. The normalized spacial score (nSPS) is 12.7. The first-order valence-corrected chi connectivity index (χ1v) is 9.71. The molecule has 0 bridgehead atoms. The summed E-state index contributed by atoms with van der Waals surface area (Å²) in [7, 11) is 1.59. The number of ether oxygens (including phenoxy) is 3. The molecule has 3 aromatic carbocycles. The number of methoxy groups -OCH3 is 1. The summed E-state index contributed by atoms with van der Waals surface area (Å²) in [5.74, 6) is -1.62. The summed E-state index contributed by atoms with van der Waals surface area (Å²) in [4.78, 5) is 25.3. The van der Waals surface area contributed by atoms with Crippen LogP contribution < -0.4 is 0 Å². The van der Waals surface area contributed by atoms with Crippen LogP contribution in [0, 0.1) is 0 Å². The van der Waals surface area contributed by atoms with Gasteiger partial charge in [-0.25, -0.2) is 4.79 Å². The van der Waals surface area contributed by atoms with Gasteiger partial charge in [-0.2, -0.15) is 0 Å². The van der Waals surface area contributed by atoms with Crippen molar-refractivity contribution in [2.24, 2.45) is 0 Å². The third kappa shape index (κ3) is 5.63. The smallest absolute Gasteiger partial charge is 0.380 e. The van der Waals surface area contributed by atoms with Gasteiger partial charge in [0, 0.05) is 12.7 Å². The first-order chi connectivity index (χ1) is 14.7. The maximum Gasteiger partial charge on any atom is 0.380 e. The van der Waals surface area contributed by atoms with Crippen LogP contribution in [0.25, 0.3) is 0 Å². The third-order valence-electron chi connectivity index (χ3n) is 4.57. The summed E-state index contributed by atoms with van der Waals surface area (Å²) >= 11 is 0. The van der Waals surface area contributed by atoms with E-state index in [0.717, 1.165) is 11.1 Å². The van der Waals surface area contributed by atoms with Crippen molar-refractivity contribution in [1.29, 1.82) is 0 Å². The molecule has 0 radical (unpaired) electrons. The van der Waals surface area contributed by atoms with E-state index in [1.54, 1.807) is 37.4 Å². The van der Waals surface area contributed by atoms with Crippen LogP contribution in [0.15, 0.2) is 91.0 Å². The summed E-state index contributed by atoms with van der Waals surface area (Å²) in [6, 6.07) is 27.1. The minimum Gasteiger partial charge on any atom is -0.448 e. The quantitative estimate of drug-likeness (QED) is 0.215. The van der Waals surface area contributed by atoms with Gasteiger partial charge >= 0.3 is 5.97 Å². The molecule has 3 aromatic rings. The predicted molar refractivity (Wildman–Crippen MR) is 113 cm³/mol. The van der Waals surface area contributed by atoms with Crippen molar-refractivity contribution >= 4 is 11.8 Å². The fourth-order valence-electron chi connectivity index (χ4n) is 3.08. The van der Waals surface area contributed by atoms with E-state index in [9.17, 15) is 9.59 Å². The van der Waals surface area contributed by atoms with Crippen molar-refractivity contribution in [3.8, 4) is 0 Å². The molecule has 0 N–H and O–H groups in total. The van der Waals surface area contributed by atoms with Crippen molar-refractivity contribution in [3.05, 3.63) is 108 Å². The fraction of sp³-hybridized carbons (Fsp3) is 0.200. The highest BCUT2D eigenvalue weighted by Gasteiger charge is 2.31. The van der Waals surface area contributed by atoms with Crippen LogP contribution in [0.4, 0.5) is 0 Å². The Balaban J connectivity index is 1.92. The van der Waals surface area contributed by atoms with Crippen LogP contribution in [0.5, 0.6) is 0 Å². The molecule has 0 saturated carbocycles. The van der Waals surface area contributed by atoms with E-state index in [4.69, 9.17) is 14.2 Å². The molecule has 0 aliphatic rings. The maximum absolute atomic E-state index is 12.7. The largest absolute Gasteiger partial charge is 0.448 e. The van der Waals surface area contributed by atoms with E-state index in [2.05, 4.69) is 0 Å². The van der Waals surface area contributed by atoms with Gasteiger partial charge in [0.2, 0.25) is 0 Å². The van der Waals surface area contributed by atoms with Gasteiger partial charge in [0.1, 0.15) is 6.10 Å². The highest BCUT2D eigenvalue weighted by atomic mass is 16.6. The van der Waals surface area contributed by atoms with Crippen LogP contribution in [-0.4, -0.2) is 32.1 Å². The fourth-order valence-corrected chi connectivity index (χ4v) is 3.08. The van der Waals surface area contributed by atoms with E-state index in [1.165, 1.54) is 0 Å². The zero-order chi connectivity index (χ0) is 21.2. The van der Waals surface area contributed by atoms with Crippen molar-refractivity contribution in [3.63, 3.8) is 0 Å². The highest BCUT2D eigenvalue weighted by Crippen LogP contribution is 2.35. The molecule has 0 saturated heterocycles. The monoisotopic (exact) mass is 404 g/mol. The highest BCUT2D eigenvalue weighted by molar-refractivity contribution is 6.40. The molecule has 154 valence electrons. The predicted octanol–water partition coefficient (Wildman–Crippen LogP) is 4.56. The minimum absolute atomic E-state index is 0.283. The van der Waals surface area contributed by atoms with Gasteiger partial charge < -0.3 is 14.2 Å². The first kappa shape index (κ1) is 21.4. The summed E-state index contributed by atoms with van der Waals surface area (Å²) < 4.78 is 16.9. The Morgan fingerprint density at radius 2 is 1.20 bits per heavy atom. The molecule has 3 rings (SSSR count). The van der Waals surface area contributed by atoms with Gasteiger partial charge in [-0.3, -0.25) is 4.79 Å². The number of hydrogen-bond donors (Lipinski definition) is 0. The molecule has 5 heteroatoms. The van der Waals surface area contributed by atoms with Gasteiger partial charge in [0.05, 0.1) is 13.2 Å². The lowest BCUT2D eigenvalue weighted by molar-refractivity contribution is -0.154. The lowest BCUT2D eigenvalue weighted by Gasteiger charge is -2.28. The second-order valence-corrected chi connectivity index (χ2v) is 6.63. The van der Waals surface area contributed by atoms with Crippen molar-refractivity contribution < 1.29 is 23.8 Å². The molecule has 0 aliphatic carbocycles. The Kier molecular flexibility index (Phi) is 7.89. The van der Waals surface area contributed by atoms with Crippen molar-refractivity contribution in [1.82, 2.24) is 0 Å². The number of Topliss-reactive ketones (excluding diaryl/α,β-unsaturated/α-hetero) is 1. The Hall–Kier alpha value is -3.28. The first-order valence-electron chi connectivity index (χ1n) is 9.71. The Morgan fingerprint density at radius 1 is 0.700 bits per heavy atom. The number of ketones is 1. The van der Waals surface area contributed by atoms with Crippen LogP contribution in [0.1, 0.15) is 33.7 Å². The lowest BCUT2D eigenvalue weighted by atomic mass is 9.97. The van der Waals surface area contributed by atoms with Crippen LogP contribution >= 0.6 is 0 Å². The standard InChI is InChI=1S/C25H24O5/c1-28-17-18-29-23(20-13-7-3-8-14-20)24(21-15-9-4-10-16-21)30-25(27)22(26)19-11-5-2-6-12-19/h2-16,23-24H,17-18H2,1H3/t23-,24+/m0/s1. The number of carbonyl (C=O) groups excluding carboxylic acids is 2. The minimum atomic E-state index is -0.925. The summed E-state index contributed by atoms with van der Waals surface area (Å²) in [5.41, 5.74) is 1.85. The lowest BCUT2D eigenvalue weighted by Crippen LogP contribution is -2.26. The van der Waals surface area contributed by atoms with E-state index < -0.39 is 24.0 Å². The zero-order valence-electron chi connectivity index (χ0n) is 16.8. The summed E-state index contributed by atoms with van der Waals surface area (Å²) in [6.07, 6.45) is -1.40.